The second-order valence-electron chi connectivity index (χ2n) is 4.21. The van der Waals surface area contributed by atoms with Gasteiger partial charge in [-0.25, -0.2) is 0 Å². The molecular weight excluding hydrogens is 231 g/mol. The molecule has 0 amide bonds. The lowest BCUT2D eigenvalue weighted by Crippen LogP contribution is -2.04. The van der Waals surface area contributed by atoms with Crippen molar-refractivity contribution in [1.82, 2.24) is 0 Å². The molecular formula is C12H12F3NO. The first kappa shape index (κ1) is 12.0. The number of hydrogen-bond acceptors (Lipinski definition) is 2. The van der Waals surface area contributed by atoms with Gasteiger partial charge < -0.3 is 5.11 Å². The molecule has 1 aromatic carbocycles. The smallest absolute Gasteiger partial charge is 0.416 e. The van der Waals surface area contributed by atoms with Crippen LogP contribution >= 0.6 is 0 Å². The van der Waals surface area contributed by atoms with E-state index in [2.05, 4.69) is 4.99 Å². The van der Waals surface area contributed by atoms with Crippen LogP contribution in [0.15, 0.2) is 23.2 Å². The first-order valence-electron chi connectivity index (χ1n) is 5.37. The summed E-state index contributed by atoms with van der Waals surface area (Å²) in [5.74, 6) is 0.224. The molecule has 0 aliphatic heterocycles. The van der Waals surface area contributed by atoms with Gasteiger partial charge in [-0.15, -0.1) is 0 Å². The normalized spacial score (nSPS) is 16.6. The van der Waals surface area contributed by atoms with E-state index in [-0.39, 0.29) is 5.75 Å². The number of hydrogen-bond donors (Lipinski definition) is 1. The quantitative estimate of drug-likeness (QED) is 0.812. The van der Waals surface area contributed by atoms with Gasteiger partial charge in [0.2, 0.25) is 0 Å². The molecule has 0 bridgehead atoms. The number of aromatic hydroxyl groups is 1. The van der Waals surface area contributed by atoms with Gasteiger partial charge in [0.1, 0.15) is 5.75 Å². The molecule has 2 nitrogen and oxygen atoms in total. The summed E-state index contributed by atoms with van der Waals surface area (Å²) in [4.78, 5) is 4.09. The van der Waals surface area contributed by atoms with Crippen molar-refractivity contribution < 1.29 is 18.3 Å². The predicted molar refractivity (Wildman–Crippen MR) is 58.3 cm³/mol. The van der Waals surface area contributed by atoms with Crippen LogP contribution in [0.4, 0.5) is 13.2 Å². The average Bonchev–Trinajstić information content (AvgIpc) is 3.02. The number of nitrogens with zero attached hydrogens (tertiary/aromatic N) is 1. The third-order valence-corrected chi connectivity index (χ3v) is 2.65. The molecule has 1 N–H and O–H groups in total. The first-order valence-corrected chi connectivity index (χ1v) is 5.37. The maximum atomic E-state index is 12.3. The van der Waals surface area contributed by atoms with Crippen molar-refractivity contribution in [2.24, 2.45) is 10.9 Å². The second kappa shape index (κ2) is 4.39. The van der Waals surface area contributed by atoms with Crippen molar-refractivity contribution in [3.05, 3.63) is 29.3 Å². The van der Waals surface area contributed by atoms with Gasteiger partial charge >= 0.3 is 6.18 Å². The van der Waals surface area contributed by atoms with Crippen LogP contribution in [0.25, 0.3) is 0 Å². The van der Waals surface area contributed by atoms with Gasteiger partial charge in [0.05, 0.1) is 5.56 Å². The van der Waals surface area contributed by atoms with E-state index >= 15 is 0 Å². The van der Waals surface area contributed by atoms with Gasteiger partial charge in [0, 0.05) is 18.3 Å². The third-order valence-electron chi connectivity index (χ3n) is 2.65. The lowest BCUT2D eigenvalue weighted by molar-refractivity contribution is -0.137. The number of rotatable bonds is 3. The largest absolute Gasteiger partial charge is 0.507 e. The Morgan fingerprint density at radius 1 is 1.35 bits per heavy atom. The maximum Gasteiger partial charge on any atom is 0.416 e. The minimum Gasteiger partial charge on any atom is -0.507 e. The predicted octanol–water partition coefficient (Wildman–Crippen LogP) is 3.24. The minimum absolute atomic E-state index is 0.318. The first-order chi connectivity index (χ1) is 7.97. The Hall–Kier alpha value is -1.52. The van der Waals surface area contributed by atoms with Crippen LogP contribution in [-0.4, -0.2) is 17.9 Å². The summed E-state index contributed by atoms with van der Waals surface area (Å²) in [5.41, 5.74) is -0.534. The number of phenolic OH excluding ortho intramolecular Hbond substituents is 1. The highest BCUT2D eigenvalue weighted by molar-refractivity contribution is 5.83. The van der Waals surface area contributed by atoms with Crippen molar-refractivity contribution in [3.8, 4) is 5.75 Å². The Bertz CT molecular complexity index is 436. The molecule has 1 saturated carbocycles. The third kappa shape index (κ3) is 3.22. The van der Waals surface area contributed by atoms with Crippen LogP contribution < -0.4 is 0 Å². The van der Waals surface area contributed by atoms with Crippen molar-refractivity contribution >= 4 is 6.21 Å². The van der Waals surface area contributed by atoms with E-state index < -0.39 is 11.7 Å². The lowest BCUT2D eigenvalue weighted by atomic mass is 10.1. The molecule has 0 saturated heterocycles. The molecule has 92 valence electrons. The molecule has 1 aliphatic rings. The lowest BCUT2D eigenvalue weighted by Gasteiger charge is -2.07. The second-order valence-corrected chi connectivity index (χ2v) is 4.21. The van der Waals surface area contributed by atoms with E-state index in [4.69, 9.17) is 0 Å². The molecule has 0 aromatic heterocycles. The van der Waals surface area contributed by atoms with Gasteiger partial charge in [-0.3, -0.25) is 4.99 Å². The number of benzene rings is 1. The summed E-state index contributed by atoms with van der Waals surface area (Å²) < 4.78 is 37.0. The fourth-order valence-corrected chi connectivity index (χ4v) is 1.43. The topological polar surface area (TPSA) is 32.6 Å². The number of phenols is 1. The summed E-state index contributed by atoms with van der Waals surface area (Å²) in [6, 6.07) is 2.89. The maximum absolute atomic E-state index is 12.3. The fourth-order valence-electron chi connectivity index (χ4n) is 1.43. The highest BCUT2D eigenvalue weighted by Crippen LogP contribution is 2.32. The average molecular weight is 243 g/mol. The Morgan fingerprint density at radius 3 is 2.59 bits per heavy atom. The van der Waals surface area contributed by atoms with Crippen molar-refractivity contribution in [2.45, 2.75) is 19.0 Å². The van der Waals surface area contributed by atoms with Crippen LogP contribution in [0.3, 0.4) is 0 Å². The Balaban J connectivity index is 2.10. The molecule has 0 atom stereocenters. The van der Waals surface area contributed by atoms with Gasteiger partial charge in [-0.2, -0.15) is 13.2 Å². The molecule has 1 fully saturated rings. The molecule has 17 heavy (non-hydrogen) atoms. The van der Waals surface area contributed by atoms with Crippen LogP contribution in [-0.2, 0) is 6.18 Å². The molecule has 1 aliphatic carbocycles. The number of alkyl halides is 3. The zero-order valence-electron chi connectivity index (χ0n) is 9.04. The summed E-state index contributed by atoms with van der Waals surface area (Å²) in [7, 11) is 0. The van der Waals surface area contributed by atoms with Crippen LogP contribution in [0.5, 0.6) is 5.75 Å². The molecule has 5 heteroatoms. The SMILES string of the molecule is Oc1cc(C(F)(F)F)ccc1/C=N/CC1CC1. The van der Waals surface area contributed by atoms with Gasteiger partial charge in [0.25, 0.3) is 0 Å². The Labute approximate surface area is 96.8 Å². The van der Waals surface area contributed by atoms with E-state index in [1.807, 2.05) is 0 Å². The van der Waals surface area contributed by atoms with E-state index in [1.54, 1.807) is 0 Å². The summed E-state index contributed by atoms with van der Waals surface area (Å²) in [6.07, 6.45) is -0.679. The minimum atomic E-state index is -4.43. The van der Waals surface area contributed by atoms with E-state index in [0.717, 1.165) is 25.0 Å². The number of halogens is 3. The van der Waals surface area contributed by atoms with Crippen LogP contribution in [0.1, 0.15) is 24.0 Å². The van der Waals surface area contributed by atoms with Gasteiger partial charge in [0.15, 0.2) is 0 Å². The zero-order chi connectivity index (χ0) is 12.5. The molecule has 0 radical (unpaired) electrons. The molecule has 2 rings (SSSR count). The zero-order valence-corrected chi connectivity index (χ0v) is 9.04. The summed E-state index contributed by atoms with van der Waals surface area (Å²) in [5, 5.41) is 9.44. The summed E-state index contributed by atoms with van der Waals surface area (Å²) in [6.45, 7) is 0.681. The molecule has 0 spiro atoms. The van der Waals surface area contributed by atoms with Crippen LogP contribution in [0, 0.1) is 5.92 Å². The number of aliphatic imine (C=N–C) groups is 1. The Kier molecular flexibility index (Phi) is 3.09. The highest BCUT2D eigenvalue weighted by atomic mass is 19.4. The fraction of sp³-hybridized carbons (Fsp3) is 0.417. The molecule has 0 heterocycles. The highest BCUT2D eigenvalue weighted by Gasteiger charge is 2.30. The monoisotopic (exact) mass is 243 g/mol. The van der Waals surface area contributed by atoms with Gasteiger partial charge in [-0.1, -0.05) is 0 Å². The Morgan fingerprint density at radius 2 is 2.06 bits per heavy atom. The molecule has 1 aromatic rings. The van der Waals surface area contributed by atoms with E-state index in [0.29, 0.717) is 18.0 Å². The van der Waals surface area contributed by atoms with Crippen molar-refractivity contribution in [1.29, 1.82) is 0 Å². The standard InChI is InChI=1S/C12H12F3NO/c13-12(14,15)10-4-3-9(11(17)5-10)7-16-6-8-1-2-8/h3-5,7-8,17H,1-2,6H2/b16-7+. The molecule has 0 unspecified atom stereocenters. The van der Waals surface area contributed by atoms with E-state index in [9.17, 15) is 18.3 Å². The van der Waals surface area contributed by atoms with Crippen LogP contribution in [0.2, 0.25) is 0 Å². The van der Waals surface area contributed by atoms with Crippen molar-refractivity contribution in [2.75, 3.05) is 6.54 Å². The summed E-state index contributed by atoms with van der Waals surface area (Å²) >= 11 is 0. The van der Waals surface area contributed by atoms with Crippen molar-refractivity contribution in [3.63, 3.8) is 0 Å². The van der Waals surface area contributed by atoms with E-state index in [1.165, 1.54) is 12.3 Å². The van der Waals surface area contributed by atoms with Gasteiger partial charge in [-0.05, 0) is 37.0 Å².